The van der Waals surface area contributed by atoms with Gasteiger partial charge < -0.3 is 5.11 Å². The molecule has 2 rings (SSSR count). The van der Waals surface area contributed by atoms with E-state index >= 15 is 0 Å². The topological polar surface area (TPSA) is 37.3 Å². The van der Waals surface area contributed by atoms with Crippen LogP contribution in [0.1, 0.15) is 31.9 Å². The third kappa shape index (κ3) is 2.18. The van der Waals surface area contributed by atoms with Crippen LogP contribution in [0.15, 0.2) is 12.2 Å². The zero-order valence-electron chi connectivity index (χ0n) is 13.3. The van der Waals surface area contributed by atoms with Gasteiger partial charge in [0.05, 0.1) is 5.41 Å². The molecule has 0 saturated heterocycles. The van der Waals surface area contributed by atoms with Crippen molar-refractivity contribution in [1.82, 2.24) is 0 Å². The molecule has 0 bridgehead atoms. The maximum Gasteiger partial charge on any atom is 0.311 e. The number of aliphatic carboxylic acids is 1. The molecule has 0 amide bonds. The predicted octanol–water partition coefficient (Wildman–Crippen LogP) is 4.40. The minimum atomic E-state index is -1.52. The number of rotatable bonds is 4. The number of hydrogen-bond donors (Lipinski definition) is 1. The van der Waals surface area contributed by atoms with E-state index in [1.807, 2.05) is 0 Å². The van der Waals surface area contributed by atoms with Crippen molar-refractivity contribution >= 4 is 5.97 Å². The highest BCUT2D eigenvalue weighted by molar-refractivity contribution is 5.82. The summed E-state index contributed by atoms with van der Waals surface area (Å²) >= 11 is 0. The van der Waals surface area contributed by atoms with E-state index in [4.69, 9.17) is 0 Å². The Balaban J connectivity index is 2.60. The van der Waals surface area contributed by atoms with Crippen molar-refractivity contribution in [2.75, 3.05) is 0 Å². The van der Waals surface area contributed by atoms with Crippen molar-refractivity contribution in [2.24, 2.45) is 16.7 Å². The van der Waals surface area contributed by atoms with Gasteiger partial charge in [-0.25, -0.2) is 17.6 Å². The molecule has 0 aliphatic heterocycles. The van der Waals surface area contributed by atoms with Gasteiger partial charge in [-0.1, -0.05) is 26.0 Å². The molecule has 1 N–H and O–H groups in total. The lowest BCUT2D eigenvalue weighted by Gasteiger charge is -2.17. The smallest absolute Gasteiger partial charge is 0.311 e. The second-order valence-electron chi connectivity index (χ2n) is 6.54. The van der Waals surface area contributed by atoms with Gasteiger partial charge in [0.25, 0.3) is 0 Å². The Bertz CT molecular complexity index is 680. The molecule has 23 heavy (non-hydrogen) atoms. The van der Waals surface area contributed by atoms with E-state index < -0.39 is 63.5 Å². The molecule has 1 saturated carbocycles. The van der Waals surface area contributed by atoms with Crippen molar-refractivity contribution in [3.05, 3.63) is 46.5 Å². The second kappa shape index (κ2) is 5.35. The van der Waals surface area contributed by atoms with Crippen LogP contribution in [0.3, 0.4) is 0 Å². The van der Waals surface area contributed by atoms with E-state index in [0.29, 0.717) is 0 Å². The summed E-state index contributed by atoms with van der Waals surface area (Å²) in [6.45, 7) is 5.94. The van der Waals surface area contributed by atoms with Crippen LogP contribution in [0.2, 0.25) is 0 Å². The Morgan fingerprint density at radius 2 is 1.61 bits per heavy atom. The van der Waals surface area contributed by atoms with Crippen molar-refractivity contribution in [3.63, 3.8) is 0 Å². The van der Waals surface area contributed by atoms with Crippen LogP contribution < -0.4 is 0 Å². The first-order valence-electron chi connectivity index (χ1n) is 7.21. The number of carboxylic acid groups (broad SMARTS) is 1. The number of benzene rings is 1. The molecule has 0 unspecified atom stereocenters. The molecule has 1 aromatic rings. The molecule has 0 radical (unpaired) electrons. The maximum absolute atomic E-state index is 14.1. The highest BCUT2D eigenvalue weighted by Gasteiger charge is 2.74. The average Bonchev–Trinajstić information content (AvgIpc) is 2.96. The van der Waals surface area contributed by atoms with Crippen LogP contribution in [0.25, 0.3) is 0 Å². The van der Waals surface area contributed by atoms with Crippen molar-refractivity contribution < 1.29 is 27.5 Å². The molecule has 0 aromatic heterocycles. The zero-order chi connectivity index (χ0) is 17.7. The Hall–Kier alpha value is -1.85. The second-order valence-corrected chi connectivity index (χ2v) is 6.54. The standard InChI is InChI=1S/C17H18F4O2/c1-5-6-10-16(3,4)17(10,15(22)23)7-9-13(20)11(18)8(2)12(19)14(9)21/h5-6,10H,7H2,1-4H3,(H,22,23)/b6-5+/t10-,17-/m0/s1. The number of halogens is 4. The fraction of sp³-hybridized carbons (Fsp3) is 0.471. The van der Waals surface area contributed by atoms with Crippen LogP contribution >= 0.6 is 0 Å². The lowest BCUT2D eigenvalue weighted by molar-refractivity contribution is -0.145. The highest BCUT2D eigenvalue weighted by Crippen LogP contribution is 2.71. The number of carboxylic acids is 1. The van der Waals surface area contributed by atoms with Gasteiger partial charge in [0.1, 0.15) is 0 Å². The summed E-state index contributed by atoms with van der Waals surface area (Å²) in [5.74, 6) is -7.75. The summed E-state index contributed by atoms with van der Waals surface area (Å²) in [6, 6.07) is 0. The zero-order valence-corrected chi connectivity index (χ0v) is 13.3. The van der Waals surface area contributed by atoms with Gasteiger partial charge in [-0.3, -0.25) is 4.79 Å². The largest absolute Gasteiger partial charge is 0.481 e. The molecular weight excluding hydrogens is 312 g/mol. The molecule has 1 aromatic carbocycles. The summed E-state index contributed by atoms with van der Waals surface area (Å²) in [7, 11) is 0. The molecule has 2 nitrogen and oxygen atoms in total. The molecule has 6 heteroatoms. The van der Waals surface area contributed by atoms with E-state index in [2.05, 4.69) is 0 Å². The minimum absolute atomic E-state index is 0.483. The Morgan fingerprint density at radius 1 is 1.13 bits per heavy atom. The monoisotopic (exact) mass is 330 g/mol. The summed E-state index contributed by atoms with van der Waals surface area (Å²) in [5.41, 5.74) is -3.90. The Morgan fingerprint density at radius 3 is 2.00 bits per heavy atom. The van der Waals surface area contributed by atoms with Gasteiger partial charge in [-0.05, 0) is 31.6 Å². The fourth-order valence-corrected chi connectivity index (χ4v) is 3.54. The minimum Gasteiger partial charge on any atom is -0.481 e. The normalized spacial score (nSPS) is 25.8. The summed E-state index contributed by atoms with van der Waals surface area (Å²) < 4.78 is 55.6. The summed E-state index contributed by atoms with van der Waals surface area (Å²) in [5, 5.41) is 9.61. The third-order valence-electron chi connectivity index (χ3n) is 5.17. The molecule has 126 valence electrons. The lowest BCUT2D eigenvalue weighted by atomic mass is 9.87. The van der Waals surface area contributed by atoms with Gasteiger partial charge >= 0.3 is 5.97 Å². The van der Waals surface area contributed by atoms with Gasteiger partial charge in [-0.15, -0.1) is 0 Å². The van der Waals surface area contributed by atoms with Crippen molar-refractivity contribution in [2.45, 2.75) is 34.1 Å². The first kappa shape index (κ1) is 17.5. The van der Waals surface area contributed by atoms with Crippen LogP contribution in [-0.4, -0.2) is 11.1 Å². The molecular formula is C17H18F4O2. The maximum atomic E-state index is 14.1. The average molecular weight is 330 g/mol. The number of carbonyl (C=O) groups is 1. The third-order valence-corrected chi connectivity index (χ3v) is 5.17. The van der Waals surface area contributed by atoms with Crippen LogP contribution in [0.5, 0.6) is 0 Å². The van der Waals surface area contributed by atoms with Crippen LogP contribution in [0, 0.1) is 46.9 Å². The first-order valence-corrected chi connectivity index (χ1v) is 7.21. The van der Waals surface area contributed by atoms with Gasteiger partial charge in [-0.2, -0.15) is 0 Å². The van der Waals surface area contributed by atoms with Crippen molar-refractivity contribution in [3.8, 4) is 0 Å². The van der Waals surface area contributed by atoms with Crippen molar-refractivity contribution in [1.29, 1.82) is 0 Å². The molecule has 1 aliphatic carbocycles. The highest BCUT2D eigenvalue weighted by atomic mass is 19.2. The van der Waals surface area contributed by atoms with Gasteiger partial charge in [0.2, 0.25) is 0 Å². The quantitative estimate of drug-likeness (QED) is 0.505. The first-order chi connectivity index (χ1) is 10.5. The Kier molecular flexibility index (Phi) is 4.07. The SMILES string of the molecule is C/C=C/[C@H]1C(C)(C)[C@]1(Cc1c(F)c(F)c(C)c(F)c1F)C(=O)O. The van der Waals surface area contributed by atoms with Gasteiger partial charge in [0.15, 0.2) is 23.3 Å². The molecule has 0 spiro atoms. The predicted molar refractivity (Wildman–Crippen MR) is 76.9 cm³/mol. The van der Waals surface area contributed by atoms with Crippen LogP contribution in [0.4, 0.5) is 17.6 Å². The van der Waals surface area contributed by atoms with E-state index in [9.17, 15) is 27.5 Å². The number of hydrogen-bond acceptors (Lipinski definition) is 1. The molecule has 2 atom stereocenters. The van der Waals surface area contributed by atoms with E-state index in [1.54, 1.807) is 32.9 Å². The van der Waals surface area contributed by atoms with Gasteiger partial charge in [0, 0.05) is 11.1 Å². The van der Waals surface area contributed by atoms with E-state index in [0.717, 1.165) is 6.92 Å². The van der Waals surface area contributed by atoms with Crippen LogP contribution in [-0.2, 0) is 11.2 Å². The summed E-state index contributed by atoms with van der Waals surface area (Å²) in [4.78, 5) is 11.8. The Labute approximate surface area is 131 Å². The molecule has 1 aliphatic rings. The van der Waals surface area contributed by atoms with E-state index in [1.165, 1.54) is 0 Å². The molecule has 0 heterocycles. The number of allylic oxidation sites excluding steroid dienone is 2. The lowest BCUT2D eigenvalue weighted by Crippen LogP contribution is -2.26. The summed E-state index contributed by atoms with van der Waals surface area (Å²) in [6.07, 6.45) is 2.68. The van der Waals surface area contributed by atoms with E-state index in [-0.39, 0.29) is 0 Å². The fourth-order valence-electron chi connectivity index (χ4n) is 3.54. The molecule has 1 fully saturated rings.